The summed E-state index contributed by atoms with van der Waals surface area (Å²) in [7, 11) is 0. The predicted octanol–water partition coefficient (Wildman–Crippen LogP) is 3.92. The molecule has 112 valence electrons. The second kappa shape index (κ2) is 7.07. The molecule has 2 heterocycles. The van der Waals surface area contributed by atoms with Crippen LogP contribution in [-0.4, -0.2) is 29.5 Å². The quantitative estimate of drug-likeness (QED) is 0.853. The van der Waals surface area contributed by atoms with Crippen molar-refractivity contribution in [3.05, 3.63) is 24.0 Å². The number of pyridine rings is 1. The van der Waals surface area contributed by atoms with Gasteiger partial charge in [0.05, 0.1) is 5.69 Å². The zero-order chi connectivity index (χ0) is 14.4. The van der Waals surface area contributed by atoms with Gasteiger partial charge in [-0.3, -0.25) is 9.88 Å². The molecule has 0 amide bonds. The van der Waals surface area contributed by atoms with Gasteiger partial charge in [0.2, 0.25) is 0 Å². The van der Waals surface area contributed by atoms with Crippen LogP contribution < -0.4 is 5.32 Å². The number of rotatable bonds is 6. The second-order valence-corrected chi connectivity index (χ2v) is 6.40. The van der Waals surface area contributed by atoms with Gasteiger partial charge < -0.3 is 5.32 Å². The van der Waals surface area contributed by atoms with Crippen molar-refractivity contribution < 1.29 is 0 Å². The van der Waals surface area contributed by atoms with Crippen molar-refractivity contribution in [3.8, 4) is 0 Å². The Bertz CT molecular complexity index is 408. The third-order valence-electron chi connectivity index (χ3n) is 4.70. The first kappa shape index (κ1) is 15.3. The molecule has 2 rings (SSSR count). The van der Waals surface area contributed by atoms with E-state index in [4.69, 9.17) is 0 Å². The maximum Gasteiger partial charge on any atom is 0.0564 e. The molecule has 0 unspecified atom stereocenters. The molecule has 3 nitrogen and oxygen atoms in total. The van der Waals surface area contributed by atoms with Crippen LogP contribution in [0.5, 0.6) is 0 Å². The smallest absolute Gasteiger partial charge is 0.0564 e. The third kappa shape index (κ3) is 4.20. The van der Waals surface area contributed by atoms with Crippen molar-refractivity contribution in [2.75, 3.05) is 25.0 Å². The van der Waals surface area contributed by atoms with E-state index in [1.807, 2.05) is 6.20 Å². The number of hydrogen-bond acceptors (Lipinski definition) is 3. The molecule has 0 saturated carbocycles. The minimum absolute atomic E-state index is 0.564. The van der Waals surface area contributed by atoms with Crippen LogP contribution in [0, 0.1) is 5.41 Å². The Morgan fingerprint density at radius 2 is 2.05 bits per heavy atom. The van der Waals surface area contributed by atoms with Gasteiger partial charge in [-0.1, -0.05) is 27.2 Å². The fourth-order valence-corrected chi connectivity index (χ4v) is 2.78. The fraction of sp³-hybridized carbons (Fsp3) is 0.706. The van der Waals surface area contributed by atoms with Gasteiger partial charge in [-0.2, -0.15) is 0 Å². The number of hydrogen-bond donors (Lipinski definition) is 1. The minimum atomic E-state index is 0.564. The second-order valence-electron chi connectivity index (χ2n) is 6.40. The summed E-state index contributed by atoms with van der Waals surface area (Å²) in [5, 5.41) is 3.44. The van der Waals surface area contributed by atoms with Gasteiger partial charge in [0.25, 0.3) is 0 Å². The predicted molar refractivity (Wildman–Crippen MR) is 85.9 cm³/mol. The molecule has 1 N–H and O–H groups in total. The lowest BCUT2D eigenvalue weighted by Crippen LogP contribution is -2.38. The van der Waals surface area contributed by atoms with Crippen molar-refractivity contribution in [1.82, 2.24) is 9.88 Å². The van der Waals surface area contributed by atoms with E-state index in [-0.39, 0.29) is 0 Å². The summed E-state index contributed by atoms with van der Waals surface area (Å²) in [6.07, 6.45) is 7.01. The number of nitrogens with one attached hydrogen (secondary N) is 1. The van der Waals surface area contributed by atoms with E-state index in [0.29, 0.717) is 5.41 Å². The molecule has 0 radical (unpaired) electrons. The van der Waals surface area contributed by atoms with Crippen LogP contribution in [0.25, 0.3) is 0 Å². The summed E-state index contributed by atoms with van der Waals surface area (Å²) in [5.74, 6) is 0. The Kier molecular flexibility index (Phi) is 5.41. The van der Waals surface area contributed by atoms with E-state index >= 15 is 0 Å². The van der Waals surface area contributed by atoms with Crippen LogP contribution in [0.3, 0.4) is 0 Å². The van der Waals surface area contributed by atoms with E-state index in [1.54, 1.807) is 0 Å². The van der Waals surface area contributed by atoms with Gasteiger partial charge >= 0.3 is 0 Å². The summed E-state index contributed by atoms with van der Waals surface area (Å²) in [6.45, 7) is 11.4. The molecular weight excluding hydrogens is 246 g/mol. The van der Waals surface area contributed by atoms with Gasteiger partial charge in [-0.25, -0.2) is 0 Å². The van der Waals surface area contributed by atoms with Crippen LogP contribution in [0.4, 0.5) is 5.69 Å². The molecule has 1 aromatic heterocycles. The first-order valence-corrected chi connectivity index (χ1v) is 8.06. The molecule has 1 fully saturated rings. The van der Waals surface area contributed by atoms with Crippen molar-refractivity contribution in [3.63, 3.8) is 0 Å². The molecule has 3 heteroatoms. The van der Waals surface area contributed by atoms with E-state index in [0.717, 1.165) is 19.5 Å². The number of nitrogens with zero attached hydrogens (tertiary/aromatic N) is 2. The van der Waals surface area contributed by atoms with E-state index in [2.05, 4.69) is 48.1 Å². The molecule has 1 aliphatic rings. The number of aromatic nitrogens is 1. The third-order valence-corrected chi connectivity index (χ3v) is 4.70. The Hall–Kier alpha value is -1.09. The molecule has 0 aromatic carbocycles. The van der Waals surface area contributed by atoms with Crippen molar-refractivity contribution in [2.45, 2.75) is 53.0 Å². The average Bonchev–Trinajstić information content (AvgIpc) is 2.48. The summed E-state index contributed by atoms with van der Waals surface area (Å²) in [4.78, 5) is 7.06. The van der Waals surface area contributed by atoms with Crippen LogP contribution in [0.2, 0.25) is 0 Å². The molecule has 0 atom stereocenters. The monoisotopic (exact) mass is 275 g/mol. The number of piperidine rings is 1. The Morgan fingerprint density at radius 1 is 1.30 bits per heavy atom. The van der Waals surface area contributed by atoms with E-state index in [9.17, 15) is 0 Å². The topological polar surface area (TPSA) is 28.2 Å². The standard InChI is InChI=1S/C17H29N3/c1-4-9-18-15-6-10-19-16(13-15)14-20-11-7-17(3,5-2)8-12-20/h6,10,13H,4-5,7-9,11-12,14H2,1-3H3,(H,18,19). The normalized spacial score (nSPS) is 18.9. The summed E-state index contributed by atoms with van der Waals surface area (Å²) < 4.78 is 0. The van der Waals surface area contributed by atoms with E-state index in [1.165, 1.54) is 43.7 Å². The molecule has 1 saturated heterocycles. The van der Waals surface area contributed by atoms with Gasteiger partial charge in [0.15, 0.2) is 0 Å². The maximum atomic E-state index is 4.52. The summed E-state index contributed by atoms with van der Waals surface area (Å²) >= 11 is 0. The largest absolute Gasteiger partial charge is 0.385 e. The summed E-state index contributed by atoms with van der Waals surface area (Å²) in [6, 6.07) is 4.26. The summed E-state index contributed by atoms with van der Waals surface area (Å²) in [5.41, 5.74) is 2.95. The highest BCUT2D eigenvalue weighted by atomic mass is 15.1. The molecule has 0 spiro atoms. The van der Waals surface area contributed by atoms with Gasteiger partial charge in [-0.15, -0.1) is 0 Å². The van der Waals surface area contributed by atoms with Gasteiger partial charge in [0.1, 0.15) is 0 Å². The SMILES string of the molecule is CCCNc1ccnc(CN2CCC(C)(CC)CC2)c1. The molecule has 1 aromatic rings. The van der Waals surface area contributed by atoms with E-state index < -0.39 is 0 Å². The molecule has 0 aliphatic carbocycles. The van der Waals surface area contributed by atoms with Gasteiger partial charge in [-0.05, 0) is 49.9 Å². The average molecular weight is 275 g/mol. The highest BCUT2D eigenvalue weighted by Gasteiger charge is 2.28. The van der Waals surface area contributed by atoms with Gasteiger partial charge in [0, 0.05) is 25.0 Å². The van der Waals surface area contributed by atoms with Crippen LogP contribution in [-0.2, 0) is 6.54 Å². The van der Waals surface area contributed by atoms with Crippen molar-refractivity contribution in [2.24, 2.45) is 5.41 Å². The highest BCUT2D eigenvalue weighted by Crippen LogP contribution is 2.34. The Labute approximate surface area is 123 Å². The number of likely N-dealkylation sites (tertiary alicyclic amines) is 1. The Balaban J connectivity index is 1.88. The zero-order valence-corrected chi connectivity index (χ0v) is 13.3. The van der Waals surface area contributed by atoms with Crippen LogP contribution in [0.15, 0.2) is 18.3 Å². The van der Waals surface area contributed by atoms with Crippen molar-refractivity contribution >= 4 is 5.69 Å². The molecular formula is C17H29N3. The lowest BCUT2D eigenvalue weighted by atomic mass is 9.78. The Morgan fingerprint density at radius 3 is 2.70 bits per heavy atom. The first-order chi connectivity index (χ1) is 9.65. The lowest BCUT2D eigenvalue weighted by Gasteiger charge is -2.38. The molecule has 20 heavy (non-hydrogen) atoms. The lowest BCUT2D eigenvalue weighted by molar-refractivity contribution is 0.109. The fourth-order valence-electron chi connectivity index (χ4n) is 2.78. The number of anilines is 1. The molecule has 0 bridgehead atoms. The van der Waals surface area contributed by atoms with Crippen molar-refractivity contribution in [1.29, 1.82) is 0 Å². The first-order valence-electron chi connectivity index (χ1n) is 8.06. The minimum Gasteiger partial charge on any atom is -0.385 e. The van der Waals surface area contributed by atoms with Crippen LogP contribution >= 0.6 is 0 Å². The van der Waals surface area contributed by atoms with Crippen LogP contribution in [0.1, 0.15) is 52.1 Å². The zero-order valence-electron chi connectivity index (χ0n) is 13.3. The molecule has 1 aliphatic heterocycles. The highest BCUT2D eigenvalue weighted by molar-refractivity contribution is 5.43. The maximum absolute atomic E-state index is 4.52.